The van der Waals surface area contributed by atoms with E-state index in [1.807, 2.05) is 0 Å². The van der Waals surface area contributed by atoms with Crippen LogP contribution in [0.5, 0.6) is 5.75 Å². The van der Waals surface area contributed by atoms with Crippen LogP contribution in [0.2, 0.25) is 0 Å². The maximum Gasteiger partial charge on any atom is 0.256 e. The first-order valence-electron chi connectivity index (χ1n) is 5.54. The Balaban J connectivity index is 2.26. The highest BCUT2D eigenvalue weighted by atomic mass is 19.2. The van der Waals surface area contributed by atoms with Gasteiger partial charge in [-0.3, -0.25) is 4.79 Å². The number of amides is 1. The monoisotopic (exact) mass is 263 g/mol. The van der Waals surface area contributed by atoms with Crippen molar-refractivity contribution < 1.29 is 18.7 Å². The summed E-state index contributed by atoms with van der Waals surface area (Å²) in [7, 11) is 0. The second-order valence-corrected chi connectivity index (χ2v) is 4.03. The molecule has 3 nitrogen and oxygen atoms in total. The number of anilines is 1. The maximum atomic E-state index is 13.0. The van der Waals surface area contributed by atoms with Crippen molar-refractivity contribution in [1.29, 1.82) is 0 Å². The van der Waals surface area contributed by atoms with Gasteiger partial charge in [-0.15, -0.1) is 0 Å². The van der Waals surface area contributed by atoms with Crippen LogP contribution in [0.15, 0.2) is 36.4 Å². The lowest BCUT2D eigenvalue weighted by Crippen LogP contribution is -2.13. The normalized spacial score (nSPS) is 10.3. The van der Waals surface area contributed by atoms with Crippen LogP contribution in [0.4, 0.5) is 14.5 Å². The summed E-state index contributed by atoms with van der Waals surface area (Å²) in [6.07, 6.45) is 0. The Kier molecular flexibility index (Phi) is 3.46. The molecule has 0 radical (unpaired) electrons. The minimum atomic E-state index is -1.04. The molecule has 2 rings (SSSR count). The first-order chi connectivity index (χ1) is 8.99. The molecular weight excluding hydrogens is 252 g/mol. The fourth-order valence-corrected chi connectivity index (χ4v) is 1.64. The van der Waals surface area contributed by atoms with E-state index < -0.39 is 17.5 Å². The van der Waals surface area contributed by atoms with Gasteiger partial charge in [0.05, 0.1) is 0 Å². The van der Waals surface area contributed by atoms with E-state index in [-0.39, 0.29) is 17.0 Å². The van der Waals surface area contributed by atoms with Gasteiger partial charge in [0.1, 0.15) is 5.75 Å². The molecule has 0 bridgehead atoms. The smallest absolute Gasteiger partial charge is 0.256 e. The average Bonchev–Trinajstić information content (AvgIpc) is 2.37. The van der Waals surface area contributed by atoms with Gasteiger partial charge in [-0.2, -0.15) is 0 Å². The van der Waals surface area contributed by atoms with Crippen LogP contribution in [0.1, 0.15) is 15.9 Å². The quantitative estimate of drug-likeness (QED) is 0.873. The fourth-order valence-electron chi connectivity index (χ4n) is 1.64. The van der Waals surface area contributed by atoms with Gasteiger partial charge in [-0.1, -0.05) is 6.07 Å². The minimum absolute atomic E-state index is 0.00191. The zero-order valence-electron chi connectivity index (χ0n) is 10.1. The average molecular weight is 263 g/mol. The summed E-state index contributed by atoms with van der Waals surface area (Å²) in [4.78, 5) is 11.9. The van der Waals surface area contributed by atoms with Gasteiger partial charge in [-0.05, 0) is 31.2 Å². The summed E-state index contributed by atoms with van der Waals surface area (Å²) in [6.45, 7) is 1.59. The van der Waals surface area contributed by atoms with Crippen LogP contribution in [-0.4, -0.2) is 11.0 Å². The van der Waals surface area contributed by atoms with Crippen LogP contribution >= 0.6 is 0 Å². The Bertz CT molecular complexity index is 641. The molecule has 2 aromatic carbocycles. The van der Waals surface area contributed by atoms with Crippen molar-refractivity contribution in [3.8, 4) is 5.75 Å². The molecule has 2 N–H and O–H groups in total. The lowest BCUT2D eigenvalue weighted by atomic mass is 10.1. The maximum absolute atomic E-state index is 13.0. The zero-order valence-corrected chi connectivity index (χ0v) is 10.1. The molecule has 0 aromatic heterocycles. The zero-order chi connectivity index (χ0) is 14.0. The SMILES string of the molecule is Cc1c(O)cccc1C(=O)Nc1ccc(F)c(F)c1. The van der Waals surface area contributed by atoms with Crippen molar-refractivity contribution in [2.24, 2.45) is 0 Å². The third kappa shape index (κ3) is 2.70. The van der Waals surface area contributed by atoms with Crippen LogP contribution < -0.4 is 5.32 Å². The van der Waals surface area contributed by atoms with Crippen LogP contribution in [-0.2, 0) is 0 Å². The predicted molar refractivity (Wildman–Crippen MR) is 67.2 cm³/mol. The molecule has 1 amide bonds. The first-order valence-corrected chi connectivity index (χ1v) is 5.54. The summed E-state index contributed by atoms with van der Waals surface area (Å²) in [5.74, 6) is -2.52. The van der Waals surface area contributed by atoms with Gasteiger partial charge < -0.3 is 10.4 Å². The van der Waals surface area contributed by atoms with Crippen molar-refractivity contribution in [3.05, 3.63) is 59.2 Å². The number of carbonyl (C=O) groups is 1. The number of phenols is 1. The van der Waals surface area contributed by atoms with Crippen molar-refractivity contribution in [3.63, 3.8) is 0 Å². The molecule has 0 spiro atoms. The number of nitrogens with one attached hydrogen (secondary N) is 1. The van der Waals surface area contributed by atoms with Crippen molar-refractivity contribution in [2.45, 2.75) is 6.92 Å². The van der Waals surface area contributed by atoms with Gasteiger partial charge in [0.2, 0.25) is 0 Å². The predicted octanol–water partition coefficient (Wildman–Crippen LogP) is 3.23. The summed E-state index contributed by atoms with van der Waals surface area (Å²) < 4.78 is 25.8. The molecule has 0 aliphatic carbocycles. The topological polar surface area (TPSA) is 49.3 Å². The number of benzene rings is 2. The van der Waals surface area contributed by atoms with E-state index in [1.165, 1.54) is 24.3 Å². The second-order valence-electron chi connectivity index (χ2n) is 4.03. The van der Waals surface area contributed by atoms with Crippen molar-refractivity contribution in [2.75, 3.05) is 5.32 Å². The van der Waals surface area contributed by atoms with Gasteiger partial charge >= 0.3 is 0 Å². The molecule has 0 atom stereocenters. The highest BCUT2D eigenvalue weighted by Crippen LogP contribution is 2.21. The molecule has 19 heavy (non-hydrogen) atoms. The number of carbonyl (C=O) groups excluding carboxylic acids is 1. The molecule has 0 fully saturated rings. The lowest BCUT2D eigenvalue weighted by molar-refractivity contribution is 0.102. The lowest BCUT2D eigenvalue weighted by Gasteiger charge is -2.09. The number of phenolic OH excluding ortho intramolecular Hbond substituents is 1. The van der Waals surface area contributed by atoms with Gasteiger partial charge in [0, 0.05) is 22.9 Å². The third-order valence-electron chi connectivity index (χ3n) is 2.73. The van der Waals surface area contributed by atoms with Gasteiger partial charge in [-0.25, -0.2) is 8.78 Å². The Labute approximate surface area is 108 Å². The van der Waals surface area contributed by atoms with Crippen molar-refractivity contribution in [1.82, 2.24) is 0 Å². The van der Waals surface area contributed by atoms with E-state index in [4.69, 9.17) is 0 Å². The Morgan fingerprint density at radius 2 is 1.89 bits per heavy atom. The number of hydrogen-bond acceptors (Lipinski definition) is 2. The molecule has 2 aromatic rings. The highest BCUT2D eigenvalue weighted by Gasteiger charge is 2.12. The molecule has 0 unspecified atom stereocenters. The van der Waals surface area contributed by atoms with E-state index in [9.17, 15) is 18.7 Å². The molecular formula is C14H11F2NO2. The molecule has 5 heteroatoms. The number of rotatable bonds is 2. The number of aromatic hydroxyl groups is 1. The highest BCUT2D eigenvalue weighted by molar-refractivity contribution is 6.05. The number of halogens is 2. The largest absolute Gasteiger partial charge is 0.508 e. The standard InChI is InChI=1S/C14H11F2NO2/c1-8-10(3-2-4-13(8)18)14(19)17-9-5-6-11(15)12(16)7-9/h2-7,18H,1H3,(H,17,19). The van der Waals surface area contributed by atoms with E-state index in [2.05, 4.69) is 5.32 Å². The number of hydrogen-bond donors (Lipinski definition) is 2. The van der Waals surface area contributed by atoms with E-state index in [0.29, 0.717) is 5.56 Å². The second kappa shape index (κ2) is 5.06. The van der Waals surface area contributed by atoms with Crippen molar-refractivity contribution >= 4 is 11.6 Å². The molecule has 0 saturated carbocycles. The minimum Gasteiger partial charge on any atom is -0.508 e. The third-order valence-corrected chi connectivity index (χ3v) is 2.73. The van der Waals surface area contributed by atoms with Gasteiger partial charge in [0.15, 0.2) is 11.6 Å². The summed E-state index contributed by atoms with van der Waals surface area (Å²) in [5, 5.41) is 11.9. The van der Waals surface area contributed by atoms with Gasteiger partial charge in [0.25, 0.3) is 5.91 Å². The molecule has 0 saturated heterocycles. The first kappa shape index (κ1) is 13.0. The van der Waals surface area contributed by atoms with Crippen LogP contribution in [0.25, 0.3) is 0 Å². The van der Waals surface area contributed by atoms with Crippen LogP contribution in [0.3, 0.4) is 0 Å². The van der Waals surface area contributed by atoms with Crippen LogP contribution in [0, 0.1) is 18.6 Å². The fraction of sp³-hybridized carbons (Fsp3) is 0.0714. The summed E-state index contributed by atoms with van der Waals surface area (Å²) >= 11 is 0. The Hall–Kier alpha value is -2.43. The van der Waals surface area contributed by atoms with E-state index >= 15 is 0 Å². The van der Waals surface area contributed by atoms with E-state index in [0.717, 1.165) is 12.1 Å². The molecule has 0 aliphatic heterocycles. The van der Waals surface area contributed by atoms with E-state index in [1.54, 1.807) is 6.92 Å². The Morgan fingerprint density at radius 1 is 1.16 bits per heavy atom. The Morgan fingerprint density at radius 3 is 2.58 bits per heavy atom. The molecule has 0 aliphatic rings. The summed E-state index contributed by atoms with van der Waals surface area (Å²) in [6, 6.07) is 7.61. The summed E-state index contributed by atoms with van der Waals surface area (Å²) in [5.41, 5.74) is 0.832. The molecule has 98 valence electrons. The molecule has 0 heterocycles.